The minimum Gasteiger partial charge on any atom is -0.497 e. The molecule has 0 unspecified atom stereocenters. The summed E-state index contributed by atoms with van der Waals surface area (Å²) in [7, 11) is 1.64. The second-order valence-electron chi connectivity index (χ2n) is 7.16. The van der Waals surface area contributed by atoms with E-state index in [4.69, 9.17) is 9.47 Å². The van der Waals surface area contributed by atoms with E-state index in [0.29, 0.717) is 36.6 Å². The number of hydrogen-bond acceptors (Lipinski definition) is 7. The summed E-state index contributed by atoms with van der Waals surface area (Å²) < 4.78 is 12.3. The molecule has 0 saturated carbocycles. The number of thiazole rings is 1. The number of hydrogen-bond donors (Lipinski definition) is 0. The van der Waals surface area contributed by atoms with Crippen molar-refractivity contribution in [3.05, 3.63) is 63.4 Å². The number of carbonyl (C=O) groups is 2. The lowest BCUT2D eigenvalue weighted by molar-refractivity contribution is 0.0513. The predicted molar refractivity (Wildman–Crippen MR) is 115 cm³/mol. The molecule has 0 atom stereocenters. The number of benzene rings is 1. The first kappa shape index (κ1) is 21.0. The molecule has 3 aromatic rings. The van der Waals surface area contributed by atoms with Crippen molar-refractivity contribution in [3.8, 4) is 5.75 Å². The fourth-order valence-electron chi connectivity index (χ4n) is 3.72. The number of aromatic nitrogens is 3. The lowest BCUT2D eigenvalue weighted by atomic mass is 10.0. The quantitative estimate of drug-likeness (QED) is 0.525. The Bertz CT molecular complexity index is 1060. The highest BCUT2D eigenvalue weighted by Gasteiger charge is 2.31. The summed E-state index contributed by atoms with van der Waals surface area (Å²) in [5.41, 5.74) is 4.86. The molecule has 0 fully saturated rings. The maximum absolute atomic E-state index is 12.8. The second kappa shape index (κ2) is 9.30. The van der Waals surface area contributed by atoms with Crippen LogP contribution in [-0.2, 0) is 30.7 Å². The monoisotopic (exact) mass is 440 g/mol. The summed E-state index contributed by atoms with van der Waals surface area (Å²) in [6.45, 7) is 3.58. The molecule has 8 nitrogen and oxygen atoms in total. The SMILES string of the molecule is CCOC(=O)c1nn(CCc2ccc(OC)cc2)c2c1CN(C(=O)c1cncs1)CC2. The summed E-state index contributed by atoms with van der Waals surface area (Å²) in [5.74, 6) is 0.290. The molecule has 2 aromatic heterocycles. The largest absolute Gasteiger partial charge is 0.497 e. The molecule has 0 radical (unpaired) electrons. The molecule has 31 heavy (non-hydrogen) atoms. The van der Waals surface area contributed by atoms with E-state index in [0.717, 1.165) is 29.0 Å². The summed E-state index contributed by atoms with van der Waals surface area (Å²) in [4.78, 5) is 31.7. The van der Waals surface area contributed by atoms with Crippen LogP contribution in [0.15, 0.2) is 36.0 Å². The Hall–Kier alpha value is -3.20. The normalized spacial score (nSPS) is 13.0. The Balaban J connectivity index is 1.57. The van der Waals surface area contributed by atoms with Gasteiger partial charge in [-0.05, 0) is 31.0 Å². The molecular formula is C22H24N4O4S. The number of fused-ring (bicyclic) bond motifs is 1. The zero-order valence-electron chi connectivity index (χ0n) is 17.5. The lowest BCUT2D eigenvalue weighted by Crippen LogP contribution is -2.36. The number of ether oxygens (including phenoxy) is 2. The van der Waals surface area contributed by atoms with Crippen molar-refractivity contribution < 1.29 is 19.1 Å². The van der Waals surface area contributed by atoms with E-state index in [1.54, 1.807) is 30.6 Å². The highest BCUT2D eigenvalue weighted by Crippen LogP contribution is 2.26. The second-order valence-corrected chi connectivity index (χ2v) is 8.04. The summed E-state index contributed by atoms with van der Waals surface area (Å²) in [6, 6.07) is 7.91. The van der Waals surface area contributed by atoms with Crippen LogP contribution < -0.4 is 4.74 Å². The Labute approximate surface area is 184 Å². The van der Waals surface area contributed by atoms with E-state index in [1.807, 2.05) is 28.9 Å². The maximum atomic E-state index is 12.8. The highest BCUT2D eigenvalue weighted by molar-refractivity contribution is 7.11. The molecule has 162 valence electrons. The highest BCUT2D eigenvalue weighted by atomic mass is 32.1. The third kappa shape index (κ3) is 4.46. The molecule has 0 bridgehead atoms. The van der Waals surface area contributed by atoms with Crippen molar-refractivity contribution in [1.29, 1.82) is 0 Å². The Morgan fingerprint density at radius 1 is 1.23 bits per heavy atom. The zero-order valence-corrected chi connectivity index (χ0v) is 18.4. The smallest absolute Gasteiger partial charge is 0.359 e. The number of aryl methyl sites for hydroxylation is 2. The molecule has 3 heterocycles. The van der Waals surface area contributed by atoms with Gasteiger partial charge in [0, 0.05) is 30.8 Å². The molecule has 0 spiro atoms. The third-order valence-electron chi connectivity index (χ3n) is 5.30. The van der Waals surface area contributed by atoms with Gasteiger partial charge < -0.3 is 14.4 Å². The third-order valence-corrected chi connectivity index (χ3v) is 6.07. The van der Waals surface area contributed by atoms with Crippen LogP contribution in [0.25, 0.3) is 0 Å². The van der Waals surface area contributed by atoms with Gasteiger partial charge in [-0.15, -0.1) is 11.3 Å². The fourth-order valence-corrected chi connectivity index (χ4v) is 4.30. The van der Waals surface area contributed by atoms with Gasteiger partial charge in [-0.3, -0.25) is 14.5 Å². The standard InChI is InChI=1S/C22H24N4O4S/c1-3-30-22(28)20-17-13-25(21(27)19-12-23-14-31-19)10-9-18(17)26(24-20)11-8-15-4-6-16(29-2)7-5-15/h4-7,12,14H,3,8-11,13H2,1-2H3. The number of methoxy groups -OCH3 is 1. The lowest BCUT2D eigenvalue weighted by Gasteiger charge is -2.27. The van der Waals surface area contributed by atoms with Gasteiger partial charge in [-0.25, -0.2) is 4.79 Å². The van der Waals surface area contributed by atoms with Crippen LogP contribution in [-0.4, -0.2) is 51.8 Å². The van der Waals surface area contributed by atoms with Crippen molar-refractivity contribution in [2.75, 3.05) is 20.3 Å². The van der Waals surface area contributed by atoms with Crippen LogP contribution in [0.4, 0.5) is 0 Å². The van der Waals surface area contributed by atoms with Gasteiger partial charge in [0.25, 0.3) is 5.91 Å². The van der Waals surface area contributed by atoms with Gasteiger partial charge in [0.05, 0.1) is 32.0 Å². The Kier molecular flexibility index (Phi) is 6.31. The molecule has 0 aliphatic carbocycles. The summed E-state index contributed by atoms with van der Waals surface area (Å²) in [5, 5.41) is 4.59. The van der Waals surface area contributed by atoms with E-state index in [2.05, 4.69) is 10.1 Å². The zero-order chi connectivity index (χ0) is 21.8. The van der Waals surface area contributed by atoms with Crippen LogP contribution in [0.2, 0.25) is 0 Å². The molecule has 1 aliphatic heterocycles. The average molecular weight is 441 g/mol. The number of esters is 1. The molecule has 1 aliphatic rings. The van der Waals surface area contributed by atoms with Crippen LogP contribution in [0.3, 0.4) is 0 Å². The number of nitrogens with zero attached hydrogens (tertiary/aromatic N) is 4. The van der Waals surface area contributed by atoms with E-state index in [1.165, 1.54) is 11.3 Å². The molecule has 9 heteroatoms. The Morgan fingerprint density at radius 3 is 2.71 bits per heavy atom. The van der Waals surface area contributed by atoms with E-state index in [9.17, 15) is 9.59 Å². The average Bonchev–Trinajstić information content (AvgIpc) is 3.46. The fraction of sp³-hybridized carbons (Fsp3) is 0.364. The van der Waals surface area contributed by atoms with E-state index < -0.39 is 5.97 Å². The van der Waals surface area contributed by atoms with Crippen LogP contribution in [0, 0.1) is 0 Å². The topological polar surface area (TPSA) is 86.5 Å². The van der Waals surface area contributed by atoms with Gasteiger partial charge in [-0.1, -0.05) is 12.1 Å². The van der Waals surface area contributed by atoms with Crippen molar-refractivity contribution in [2.45, 2.75) is 32.9 Å². The Morgan fingerprint density at radius 2 is 2.03 bits per heavy atom. The molecular weight excluding hydrogens is 416 g/mol. The first-order valence-corrected chi connectivity index (χ1v) is 11.0. The van der Waals surface area contributed by atoms with Crippen molar-refractivity contribution in [2.24, 2.45) is 0 Å². The number of rotatable bonds is 7. The first-order valence-electron chi connectivity index (χ1n) is 10.2. The minimum absolute atomic E-state index is 0.0751. The van der Waals surface area contributed by atoms with Crippen molar-refractivity contribution >= 4 is 23.2 Å². The minimum atomic E-state index is -0.450. The van der Waals surface area contributed by atoms with Crippen molar-refractivity contribution in [3.63, 3.8) is 0 Å². The molecule has 0 N–H and O–H groups in total. The maximum Gasteiger partial charge on any atom is 0.359 e. The summed E-state index contributed by atoms with van der Waals surface area (Å²) in [6.07, 6.45) is 2.98. The van der Waals surface area contributed by atoms with Gasteiger partial charge in [-0.2, -0.15) is 5.10 Å². The van der Waals surface area contributed by atoms with Gasteiger partial charge >= 0.3 is 5.97 Å². The van der Waals surface area contributed by atoms with Gasteiger partial charge in [0.2, 0.25) is 0 Å². The summed E-state index contributed by atoms with van der Waals surface area (Å²) >= 11 is 1.31. The van der Waals surface area contributed by atoms with E-state index >= 15 is 0 Å². The molecule has 1 aromatic carbocycles. The molecule has 4 rings (SSSR count). The van der Waals surface area contributed by atoms with E-state index in [-0.39, 0.29) is 12.5 Å². The van der Waals surface area contributed by atoms with Gasteiger partial charge in [0.15, 0.2) is 5.69 Å². The van der Waals surface area contributed by atoms with Crippen LogP contribution >= 0.6 is 11.3 Å². The van der Waals surface area contributed by atoms with Gasteiger partial charge in [0.1, 0.15) is 10.6 Å². The molecule has 0 saturated heterocycles. The first-order chi connectivity index (χ1) is 15.1. The molecule has 1 amide bonds. The van der Waals surface area contributed by atoms with Crippen LogP contribution in [0.1, 0.15) is 43.9 Å². The van der Waals surface area contributed by atoms with Crippen molar-refractivity contribution in [1.82, 2.24) is 19.7 Å². The number of amides is 1. The van der Waals surface area contributed by atoms with Crippen LogP contribution in [0.5, 0.6) is 5.75 Å². The number of carbonyl (C=O) groups excluding carboxylic acids is 2. The predicted octanol–water partition coefficient (Wildman–Crippen LogP) is 2.97.